The average molecular weight is 360 g/mol. The van der Waals surface area contributed by atoms with Crippen molar-refractivity contribution in [2.75, 3.05) is 0 Å². The highest BCUT2D eigenvalue weighted by Gasteiger charge is 2.29. The van der Waals surface area contributed by atoms with Gasteiger partial charge in [-0.25, -0.2) is 4.98 Å². The van der Waals surface area contributed by atoms with Crippen LogP contribution in [0.4, 0.5) is 0 Å². The van der Waals surface area contributed by atoms with Crippen molar-refractivity contribution in [2.24, 2.45) is 23.5 Å². The monoisotopic (exact) mass is 360 g/mol. The maximum Gasteiger partial charge on any atom is 0.269 e. The van der Waals surface area contributed by atoms with E-state index < -0.39 is 0 Å². The number of carbonyl (C=O) groups is 1. The highest BCUT2D eigenvalue weighted by atomic mass is 16.3. The summed E-state index contributed by atoms with van der Waals surface area (Å²) in [5.41, 5.74) is 5.83. The Morgan fingerprint density at radius 1 is 1.35 bits per heavy atom. The summed E-state index contributed by atoms with van der Waals surface area (Å²) in [6.45, 7) is 5.87. The predicted octanol–water partition coefficient (Wildman–Crippen LogP) is 3.20. The topological polar surface area (TPSA) is 93.3 Å². The van der Waals surface area contributed by atoms with Crippen LogP contribution in [0.2, 0.25) is 0 Å². The smallest absolute Gasteiger partial charge is 0.269 e. The Bertz CT molecular complexity index is 610. The minimum Gasteiger partial charge on any atom is -0.392 e. The third-order valence-electron chi connectivity index (χ3n) is 5.08. The quantitative estimate of drug-likeness (QED) is 0.602. The van der Waals surface area contributed by atoms with Gasteiger partial charge in [0.1, 0.15) is 0 Å². The predicted molar refractivity (Wildman–Crippen MR) is 104 cm³/mol. The Kier molecular flexibility index (Phi) is 10.5. The van der Waals surface area contributed by atoms with Gasteiger partial charge < -0.3 is 10.8 Å². The number of carbonyl (C=O) groups excluding carboxylic acids is 1. The average Bonchev–Trinajstić information content (AvgIpc) is 3.02. The van der Waals surface area contributed by atoms with E-state index in [1.54, 1.807) is 12.1 Å². The van der Waals surface area contributed by atoms with Crippen molar-refractivity contribution < 1.29 is 9.90 Å². The zero-order valence-corrected chi connectivity index (χ0v) is 15.8. The molecule has 2 rings (SSSR count). The number of aromatic nitrogens is 1. The molecule has 0 bridgehead atoms. The fourth-order valence-electron chi connectivity index (χ4n) is 3.62. The molecule has 1 fully saturated rings. The van der Waals surface area contributed by atoms with Gasteiger partial charge in [0.2, 0.25) is 5.91 Å². The first-order valence-corrected chi connectivity index (χ1v) is 9.51. The number of aliphatic hydroxyl groups is 1. The van der Waals surface area contributed by atoms with Gasteiger partial charge in [0.05, 0.1) is 6.61 Å². The van der Waals surface area contributed by atoms with E-state index in [2.05, 4.69) is 11.6 Å². The van der Waals surface area contributed by atoms with Crippen molar-refractivity contribution in [3.8, 4) is 0 Å². The molecule has 5 heteroatoms. The molecule has 1 aromatic rings. The van der Waals surface area contributed by atoms with E-state index in [0.29, 0.717) is 17.4 Å². The Morgan fingerprint density at radius 2 is 2.00 bits per heavy atom. The van der Waals surface area contributed by atoms with Crippen LogP contribution in [0.3, 0.4) is 0 Å². The minimum absolute atomic E-state index is 0.0133. The number of nitrogens with two attached hydrogens (primary N) is 1. The Morgan fingerprint density at radius 3 is 2.50 bits per heavy atom. The highest BCUT2D eigenvalue weighted by molar-refractivity contribution is 5.77. The molecule has 0 saturated heterocycles. The molecule has 5 nitrogen and oxygen atoms in total. The summed E-state index contributed by atoms with van der Waals surface area (Å²) in [4.78, 5) is 25.5. The van der Waals surface area contributed by atoms with Crippen molar-refractivity contribution in [1.29, 1.82) is 0 Å². The van der Waals surface area contributed by atoms with Gasteiger partial charge in [-0.2, -0.15) is 0 Å². The van der Waals surface area contributed by atoms with Crippen LogP contribution in [-0.2, 0) is 11.4 Å². The minimum atomic E-state index is -0.292. The molecular formula is C21H32N2O3. The van der Waals surface area contributed by atoms with Gasteiger partial charge in [0, 0.05) is 18.2 Å². The van der Waals surface area contributed by atoms with Crippen molar-refractivity contribution in [3.63, 3.8) is 0 Å². The van der Waals surface area contributed by atoms with E-state index in [4.69, 9.17) is 10.8 Å². The van der Waals surface area contributed by atoms with Gasteiger partial charge in [0.15, 0.2) is 0 Å². The van der Waals surface area contributed by atoms with Crippen LogP contribution in [0.5, 0.6) is 0 Å². The summed E-state index contributed by atoms with van der Waals surface area (Å²) in [5, 5.41) is 8.60. The number of primary amides is 1. The Hall–Kier alpha value is -2.01. The molecule has 1 aromatic heterocycles. The molecule has 0 aromatic carbocycles. The summed E-state index contributed by atoms with van der Waals surface area (Å²) in [5.74, 6) is 0.746. The molecule has 0 aliphatic heterocycles. The largest absolute Gasteiger partial charge is 0.392 e. The molecule has 0 radical (unpaired) electrons. The maximum atomic E-state index is 11.4. The number of nitrogens with zero attached hydrogens (tertiary/aromatic N) is 1. The van der Waals surface area contributed by atoms with Crippen molar-refractivity contribution in [3.05, 3.63) is 53.0 Å². The normalized spacial score (nSPS) is 17.2. The van der Waals surface area contributed by atoms with E-state index in [9.17, 15) is 9.59 Å². The number of hydrogen-bond donors (Lipinski definition) is 2. The van der Waals surface area contributed by atoms with Gasteiger partial charge in [-0.15, -0.1) is 6.58 Å². The van der Waals surface area contributed by atoms with Gasteiger partial charge in [-0.3, -0.25) is 9.59 Å². The lowest BCUT2D eigenvalue weighted by Crippen LogP contribution is -2.32. The third kappa shape index (κ3) is 7.48. The standard InChI is InChI=1S/C14H25NO.C7H7NO2/c1-3-12(13(4-2)14(15)16)11-9-7-5-6-8-10-11;9-5-6-2-1-3-7(10)8-4-6/h3,11-13H,1,4-10H2,2H3,(H2,15,16);1-4,9H,5H2. The lowest BCUT2D eigenvalue weighted by molar-refractivity contribution is -0.123. The van der Waals surface area contributed by atoms with Crippen molar-refractivity contribution in [2.45, 2.75) is 58.5 Å². The molecule has 1 saturated carbocycles. The summed E-state index contributed by atoms with van der Waals surface area (Å²) in [7, 11) is 0. The summed E-state index contributed by atoms with van der Waals surface area (Å²) in [6.07, 6.45) is 11.9. The molecule has 1 aliphatic carbocycles. The molecule has 2 unspecified atom stereocenters. The van der Waals surface area contributed by atoms with Crippen LogP contribution in [0, 0.1) is 17.8 Å². The number of allylic oxidation sites excluding steroid dienone is 1. The zero-order valence-electron chi connectivity index (χ0n) is 15.8. The van der Waals surface area contributed by atoms with Crippen LogP contribution < -0.4 is 11.3 Å². The van der Waals surface area contributed by atoms with E-state index >= 15 is 0 Å². The molecule has 1 amide bonds. The first-order valence-electron chi connectivity index (χ1n) is 9.51. The molecule has 1 aliphatic rings. The van der Waals surface area contributed by atoms with Crippen LogP contribution in [-0.4, -0.2) is 16.0 Å². The molecule has 0 spiro atoms. The van der Waals surface area contributed by atoms with E-state index in [1.807, 2.05) is 13.0 Å². The number of rotatable bonds is 6. The molecule has 1 heterocycles. The van der Waals surface area contributed by atoms with Gasteiger partial charge in [-0.05, 0) is 36.7 Å². The van der Waals surface area contributed by atoms with E-state index in [-0.39, 0.29) is 24.0 Å². The second kappa shape index (κ2) is 12.4. The molecule has 144 valence electrons. The zero-order chi connectivity index (χ0) is 19.4. The van der Waals surface area contributed by atoms with Crippen LogP contribution in [0.1, 0.15) is 57.4 Å². The number of hydrogen-bond acceptors (Lipinski definition) is 4. The van der Waals surface area contributed by atoms with Crippen LogP contribution in [0.15, 0.2) is 41.8 Å². The number of aliphatic hydroxyl groups excluding tert-OH is 1. The van der Waals surface area contributed by atoms with Crippen molar-refractivity contribution in [1.82, 2.24) is 4.98 Å². The molecule has 26 heavy (non-hydrogen) atoms. The highest BCUT2D eigenvalue weighted by Crippen LogP contribution is 2.34. The Labute approximate surface area is 156 Å². The lowest BCUT2D eigenvalue weighted by Gasteiger charge is -2.28. The molecule has 2 atom stereocenters. The van der Waals surface area contributed by atoms with Gasteiger partial charge in [0.25, 0.3) is 5.56 Å². The second-order valence-corrected chi connectivity index (χ2v) is 6.84. The lowest BCUT2D eigenvalue weighted by atomic mass is 9.76. The first-order chi connectivity index (χ1) is 12.5. The SMILES string of the molecule is C=CC(C1CCCCCC1)C(CC)C(N)=O.O=c1cccc(CO)cn1. The molecule has 3 N–H and O–H groups in total. The fraction of sp³-hybridized carbons (Fsp3) is 0.571. The summed E-state index contributed by atoms with van der Waals surface area (Å²) in [6, 6.07) is 4.56. The van der Waals surface area contributed by atoms with E-state index in [0.717, 1.165) is 6.42 Å². The Balaban J connectivity index is 0.000000289. The number of amides is 1. The van der Waals surface area contributed by atoms with E-state index in [1.165, 1.54) is 50.8 Å². The second-order valence-electron chi connectivity index (χ2n) is 6.84. The first kappa shape index (κ1) is 22.0. The van der Waals surface area contributed by atoms with Gasteiger partial charge >= 0.3 is 0 Å². The summed E-state index contributed by atoms with van der Waals surface area (Å²) < 4.78 is 0. The molecular weight excluding hydrogens is 328 g/mol. The fourth-order valence-corrected chi connectivity index (χ4v) is 3.62. The van der Waals surface area contributed by atoms with Gasteiger partial charge in [-0.1, -0.05) is 50.8 Å². The van der Waals surface area contributed by atoms with Crippen molar-refractivity contribution >= 4 is 5.91 Å². The maximum absolute atomic E-state index is 11.4. The third-order valence-corrected chi connectivity index (χ3v) is 5.08. The summed E-state index contributed by atoms with van der Waals surface area (Å²) >= 11 is 0. The van der Waals surface area contributed by atoms with Crippen LogP contribution >= 0.6 is 0 Å². The van der Waals surface area contributed by atoms with Crippen LogP contribution in [0.25, 0.3) is 0 Å².